The third kappa shape index (κ3) is 3.16. The second-order valence-corrected chi connectivity index (χ2v) is 4.69. The van der Waals surface area contributed by atoms with Gasteiger partial charge >= 0.3 is 0 Å². The minimum Gasteiger partial charge on any atom is -0.342 e. The number of halogens is 4. The van der Waals surface area contributed by atoms with Crippen LogP contribution in [-0.4, -0.2) is 0 Å². The molecule has 4 nitrogen and oxygen atoms in total. The summed E-state index contributed by atoms with van der Waals surface area (Å²) in [6.45, 7) is 0. The molecule has 1 aromatic carbocycles. The minimum atomic E-state index is -0.899. The molecule has 0 saturated carbocycles. The highest BCUT2D eigenvalue weighted by molar-refractivity contribution is 9.10. The molecule has 0 aliphatic heterocycles. The fourth-order valence-corrected chi connectivity index (χ4v) is 2.06. The van der Waals surface area contributed by atoms with Gasteiger partial charge in [-0.2, -0.15) is 15.8 Å². The van der Waals surface area contributed by atoms with Gasteiger partial charge in [-0.25, -0.2) is 4.39 Å². The largest absolute Gasteiger partial charge is 0.342 e. The molecule has 0 atom stereocenters. The van der Waals surface area contributed by atoms with Crippen LogP contribution in [0, 0.1) is 39.8 Å². The molecule has 1 N–H and O–H groups in total. The van der Waals surface area contributed by atoms with Crippen LogP contribution < -0.4 is 5.32 Å². The molecule has 0 fully saturated rings. The first-order chi connectivity index (χ1) is 8.96. The van der Waals surface area contributed by atoms with E-state index < -0.39 is 11.4 Å². The van der Waals surface area contributed by atoms with Gasteiger partial charge in [-0.1, -0.05) is 23.2 Å². The van der Waals surface area contributed by atoms with Gasteiger partial charge in [-0.15, -0.1) is 0 Å². The van der Waals surface area contributed by atoms with Gasteiger partial charge < -0.3 is 5.32 Å². The second kappa shape index (κ2) is 6.41. The van der Waals surface area contributed by atoms with E-state index in [0.717, 1.165) is 0 Å². The van der Waals surface area contributed by atoms with Crippen molar-refractivity contribution in [2.24, 2.45) is 0 Å². The van der Waals surface area contributed by atoms with Crippen molar-refractivity contribution in [3.8, 4) is 18.2 Å². The van der Waals surface area contributed by atoms with Crippen LogP contribution in [0.4, 0.5) is 10.1 Å². The maximum atomic E-state index is 13.9. The van der Waals surface area contributed by atoms with Crippen molar-refractivity contribution in [1.82, 2.24) is 0 Å². The first-order valence-corrected chi connectivity index (χ1v) is 6.05. The predicted molar refractivity (Wildman–Crippen MR) is 71.6 cm³/mol. The summed E-state index contributed by atoms with van der Waals surface area (Å²) in [7, 11) is 0. The Balaban J connectivity index is 3.41. The quantitative estimate of drug-likeness (QED) is 0.488. The number of rotatable bonds is 2. The van der Waals surface area contributed by atoms with E-state index in [1.165, 1.54) is 18.2 Å². The zero-order valence-electron chi connectivity index (χ0n) is 8.93. The number of hydrogen-bond acceptors (Lipinski definition) is 4. The fourth-order valence-electron chi connectivity index (χ4n) is 1.09. The van der Waals surface area contributed by atoms with Crippen LogP contribution in [0.1, 0.15) is 0 Å². The predicted octanol–water partition coefficient (Wildman–Crippen LogP) is 4.13. The number of anilines is 1. The van der Waals surface area contributed by atoms with Gasteiger partial charge in [0.2, 0.25) is 0 Å². The van der Waals surface area contributed by atoms with Crippen molar-refractivity contribution in [1.29, 1.82) is 15.8 Å². The number of nitrogens with one attached hydrogen (secondary N) is 1. The van der Waals surface area contributed by atoms with Gasteiger partial charge in [-0.05, 0) is 22.0 Å². The molecule has 0 radical (unpaired) electrons. The smallest absolute Gasteiger partial charge is 0.167 e. The minimum absolute atomic E-state index is 0.0140. The lowest BCUT2D eigenvalue weighted by atomic mass is 10.2. The molecule has 0 unspecified atom stereocenters. The lowest BCUT2D eigenvalue weighted by Crippen LogP contribution is -2.04. The van der Waals surface area contributed by atoms with Crippen molar-refractivity contribution < 1.29 is 4.39 Å². The van der Waals surface area contributed by atoms with Crippen LogP contribution in [0.3, 0.4) is 0 Å². The molecule has 19 heavy (non-hydrogen) atoms. The fraction of sp³-hybridized carbons (Fsp3) is 0. The van der Waals surface area contributed by atoms with Gasteiger partial charge in [0.1, 0.15) is 23.9 Å². The molecule has 94 valence electrons. The number of benzene rings is 1. The maximum Gasteiger partial charge on any atom is 0.167 e. The van der Waals surface area contributed by atoms with E-state index in [1.807, 2.05) is 0 Å². The van der Waals surface area contributed by atoms with E-state index in [4.69, 9.17) is 39.0 Å². The van der Waals surface area contributed by atoms with Gasteiger partial charge in [0.15, 0.2) is 11.4 Å². The van der Waals surface area contributed by atoms with Crippen molar-refractivity contribution in [3.05, 3.63) is 37.7 Å². The highest BCUT2D eigenvalue weighted by atomic mass is 79.9. The summed E-state index contributed by atoms with van der Waals surface area (Å²) in [5, 5.41) is 28.2. The summed E-state index contributed by atoms with van der Waals surface area (Å²) >= 11 is 14.3. The van der Waals surface area contributed by atoms with Gasteiger partial charge in [0.05, 0.1) is 15.7 Å². The standard InChI is InChI=1S/C11H2BrCl2FN4/c12-6-1-7(13)9(14)10(15)11(6)19-8(4-18)5(2-16)3-17/h1,19H. The number of nitriles is 3. The maximum absolute atomic E-state index is 13.9. The summed E-state index contributed by atoms with van der Waals surface area (Å²) < 4.78 is 14.1. The zero-order chi connectivity index (χ0) is 14.6. The Morgan fingerprint density at radius 3 is 2.26 bits per heavy atom. The number of nitrogens with zero attached hydrogens (tertiary/aromatic N) is 3. The van der Waals surface area contributed by atoms with Gasteiger partial charge in [0.25, 0.3) is 0 Å². The van der Waals surface area contributed by atoms with Crippen molar-refractivity contribution in [2.75, 3.05) is 5.32 Å². The molecule has 0 amide bonds. The molecule has 0 spiro atoms. The van der Waals surface area contributed by atoms with Gasteiger partial charge in [-0.3, -0.25) is 0 Å². The van der Waals surface area contributed by atoms with E-state index >= 15 is 0 Å². The van der Waals surface area contributed by atoms with Gasteiger partial charge in [0, 0.05) is 4.47 Å². The average molecular weight is 360 g/mol. The molecule has 1 rings (SSSR count). The monoisotopic (exact) mass is 358 g/mol. The van der Waals surface area contributed by atoms with Crippen LogP contribution in [0.25, 0.3) is 0 Å². The summed E-state index contributed by atoms with van der Waals surface area (Å²) in [5.41, 5.74) is -1.04. The molecule has 0 aliphatic carbocycles. The molecule has 0 aliphatic rings. The molecule has 0 saturated heterocycles. The SMILES string of the molecule is N#CC(C#N)=C(C#N)Nc1c(Br)cc(Cl)c(Cl)c1F. The summed E-state index contributed by atoms with van der Waals surface area (Å²) in [5.74, 6) is -0.899. The van der Waals surface area contributed by atoms with Crippen molar-refractivity contribution >= 4 is 44.8 Å². The third-order valence-electron chi connectivity index (χ3n) is 1.95. The highest BCUT2D eigenvalue weighted by Gasteiger charge is 2.17. The third-order valence-corrected chi connectivity index (χ3v) is 3.34. The number of allylic oxidation sites excluding steroid dienone is 2. The molecule has 0 heterocycles. The first-order valence-electron chi connectivity index (χ1n) is 4.50. The highest BCUT2D eigenvalue weighted by Crippen LogP contribution is 2.37. The van der Waals surface area contributed by atoms with E-state index in [1.54, 1.807) is 6.07 Å². The van der Waals surface area contributed by atoms with E-state index in [9.17, 15) is 4.39 Å². The van der Waals surface area contributed by atoms with Crippen LogP contribution >= 0.6 is 39.1 Å². The van der Waals surface area contributed by atoms with Crippen LogP contribution in [0.15, 0.2) is 21.8 Å². The topological polar surface area (TPSA) is 83.4 Å². The Labute approximate surface area is 126 Å². The normalized spacial score (nSPS) is 8.89. The Kier molecular flexibility index (Phi) is 5.15. The van der Waals surface area contributed by atoms with Crippen molar-refractivity contribution in [3.63, 3.8) is 0 Å². The van der Waals surface area contributed by atoms with Crippen LogP contribution in [-0.2, 0) is 0 Å². The summed E-state index contributed by atoms with van der Waals surface area (Å²) in [6, 6.07) is 5.97. The number of hydrogen-bond donors (Lipinski definition) is 1. The Hall–Kier alpha value is -1.78. The summed E-state index contributed by atoms with van der Waals surface area (Å²) in [4.78, 5) is 0. The molecule has 1 aromatic rings. The van der Waals surface area contributed by atoms with E-state index in [-0.39, 0.29) is 25.9 Å². The van der Waals surface area contributed by atoms with Crippen molar-refractivity contribution in [2.45, 2.75) is 0 Å². The molecule has 0 aromatic heterocycles. The molecular weight excluding hydrogens is 358 g/mol. The first kappa shape index (κ1) is 15.3. The zero-order valence-corrected chi connectivity index (χ0v) is 12.0. The molecule has 0 bridgehead atoms. The van der Waals surface area contributed by atoms with E-state index in [2.05, 4.69) is 21.2 Å². The Morgan fingerprint density at radius 1 is 1.21 bits per heavy atom. The Morgan fingerprint density at radius 2 is 1.79 bits per heavy atom. The lowest BCUT2D eigenvalue weighted by molar-refractivity contribution is 0.631. The lowest BCUT2D eigenvalue weighted by Gasteiger charge is -2.10. The molecule has 8 heteroatoms. The van der Waals surface area contributed by atoms with Crippen LogP contribution in [0.2, 0.25) is 10.0 Å². The average Bonchev–Trinajstić information content (AvgIpc) is 2.40. The van der Waals surface area contributed by atoms with E-state index in [0.29, 0.717) is 0 Å². The summed E-state index contributed by atoms with van der Waals surface area (Å²) in [6.07, 6.45) is 0. The Bertz CT molecular complexity index is 679. The van der Waals surface area contributed by atoms with Crippen LogP contribution in [0.5, 0.6) is 0 Å². The second-order valence-electron chi connectivity index (χ2n) is 3.05. The molecular formula is C11H2BrCl2FN4.